The molecular formula is C13H15NO2. The fourth-order valence-corrected chi connectivity index (χ4v) is 1.39. The van der Waals surface area contributed by atoms with Crippen molar-refractivity contribution >= 4 is 0 Å². The summed E-state index contributed by atoms with van der Waals surface area (Å²) in [6.07, 6.45) is 2.64. The minimum atomic E-state index is 0.0792. The Kier molecular flexibility index (Phi) is 3.00. The predicted octanol–water partition coefficient (Wildman–Crippen LogP) is 2.89. The first-order valence-electron chi connectivity index (χ1n) is 5.56. The van der Waals surface area contributed by atoms with E-state index in [0.29, 0.717) is 17.4 Å². The van der Waals surface area contributed by atoms with E-state index in [-0.39, 0.29) is 6.10 Å². The van der Waals surface area contributed by atoms with Crippen LogP contribution in [0.4, 0.5) is 0 Å². The van der Waals surface area contributed by atoms with Crippen LogP contribution in [0.3, 0.4) is 0 Å². The Hall–Kier alpha value is -1.69. The minimum Gasteiger partial charge on any atom is -0.487 e. The predicted molar refractivity (Wildman–Crippen MR) is 60.6 cm³/mol. The Labute approximate surface area is 95.6 Å². The first-order valence-corrected chi connectivity index (χ1v) is 5.56. The average molecular weight is 217 g/mol. The summed E-state index contributed by atoms with van der Waals surface area (Å²) in [5.41, 5.74) is 0.596. The van der Waals surface area contributed by atoms with E-state index in [1.165, 1.54) is 0 Å². The maximum absolute atomic E-state index is 8.83. The monoisotopic (exact) mass is 217 g/mol. The van der Waals surface area contributed by atoms with E-state index < -0.39 is 0 Å². The molecule has 3 heteroatoms. The van der Waals surface area contributed by atoms with Crippen LogP contribution in [0, 0.1) is 11.3 Å². The molecule has 84 valence electrons. The van der Waals surface area contributed by atoms with E-state index in [9.17, 15) is 0 Å². The zero-order chi connectivity index (χ0) is 11.5. The molecule has 0 atom stereocenters. The van der Waals surface area contributed by atoms with Crippen LogP contribution in [0.5, 0.6) is 11.5 Å². The van der Waals surface area contributed by atoms with Crippen molar-refractivity contribution in [2.75, 3.05) is 0 Å². The molecule has 16 heavy (non-hydrogen) atoms. The molecule has 1 aromatic carbocycles. The molecule has 0 unspecified atom stereocenters. The Balaban J connectivity index is 2.23. The zero-order valence-electron chi connectivity index (χ0n) is 9.56. The van der Waals surface area contributed by atoms with Crippen LogP contribution < -0.4 is 9.47 Å². The van der Waals surface area contributed by atoms with Crippen LogP contribution in [0.15, 0.2) is 18.2 Å². The highest BCUT2D eigenvalue weighted by Crippen LogP contribution is 2.34. The Bertz CT molecular complexity index is 416. The van der Waals surface area contributed by atoms with Gasteiger partial charge in [0, 0.05) is 6.07 Å². The molecule has 0 spiro atoms. The van der Waals surface area contributed by atoms with Gasteiger partial charge in [-0.15, -0.1) is 0 Å². The third-order valence-electron chi connectivity index (χ3n) is 2.25. The fourth-order valence-electron chi connectivity index (χ4n) is 1.39. The van der Waals surface area contributed by atoms with Crippen LogP contribution >= 0.6 is 0 Å². The molecule has 1 saturated carbocycles. The van der Waals surface area contributed by atoms with Crippen molar-refractivity contribution in [2.45, 2.75) is 38.9 Å². The van der Waals surface area contributed by atoms with Crippen LogP contribution in [-0.4, -0.2) is 12.2 Å². The van der Waals surface area contributed by atoms with Crippen molar-refractivity contribution in [2.24, 2.45) is 0 Å². The topological polar surface area (TPSA) is 42.2 Å². The van der Waals surface area contributed by atoms with Crippen molar-refractivity contribution in [3.05, 3.63) is 23.8 Å². The maximum Gasteiger partial charge on any atom is 0.162 e. The van der Waals surface area contributed by atoms with E-state index in [1.54, 1.807) is 12.1 Å². The summed E-state index contributed by atoms with van der Waals surface area (Å²) < 4.78 is 11.4. The van der Waals surface area contributed by atoms with Gasteiger partial charge in [-0.05, 0) is 38.8 Å². The van der Waals surface area contributed by atoms with Crippen LogP contribution in [0.2, 0.25) is 0 Å². The summed E-state index contributed by atoms with van der Waals surface area (Å²) in [5.74, 6) is 1.41. The van der Waals surface area contributed by atoms with Gasteiger partial charge >= 0.3 is 0 Å². The van der Waals surface area contributed by atoms with Crippen molar-refractivity contribution in [3.63, 3.8) is 0 Å². The van der Waals surface area contributed by atoms with E-state index in [1.807, 2.05) is 19.9 Å². The van der Waals surface area contributed by atoms with Crippen LogP contribution in [0.25, 0.3) is 0 Å². The van der Waals surface area contributed by atoms with E-state index >= 15 is 0 Å². The molecule has 0 bridgehead atoms. The number of ether oxygens (including phenoxy) is 2. The van der Waals surface area contributed by atoms with E-state index in [2.05, 4.69) is 6.07 Å². The highest BCUT2D eigenvalue weighted by atomic mass is 16.5. The van der Waals surface area contributed by atoms with Gasteiger partial charge in [-0.1, -0.05) is 0 Å². The van der Waals surface area contributed by atoms with Gasteiger partial charge in [0.05, 0.1) is 23.8 Å². The largest absolute Gasteiger partial charge is 0.487 e. The molecule has 3 nitrogen and oxygen atoms in total. The second kappa shape index (κ2) is 4.44. The lowest BCUT2D eigenvalue weighted by molar-refractivity contribution is 0.217. The highest BCUT2D eigenvalue weighted by molar-refractivity contribution is 5.47. The lowest BCUT2D eigenvalue weighted by Gasteiger charge is -2.14. The molecule has 1 aliphatic carbocycles. The van der Waals surface area contributed by atoms with Gasteiger partial charge in [-0.25, -0.2) is 0 Å². The van der Waals surface area contributed by atoms with Crippen LogP contribution in [0.1, 0.15) is 32.3 Å². The lowest BCUT2D eigenvalue weighted by Crippen LogP contribution is -2.08. The molecular weight excluding hydrogens is 202 g/mol. The summed E-state index contributed by atoms with van der Waals surface area (Å²) in [5, 5.41) is 8.83. The summed E-state index contributed by atoms with van der Waals surface area (Å²) >= 11 is 0. The number of hydrogen-bond acceptors (Lipinski definition) is 3. The molecule has 0 amide bonds. The van der Waals surface area contributed by atoms with Crippen molar-refractivity contribution in [1.82, 2.24) is 0 Å². The summed E-state index contributed by atoms with van der Waals surface area (Å²) in [4.78, 5) is 0. The van der Waals surface area contributed by atoms with Crippen molar-refractivity contribution in [1.29, 1.82) is 5.26 Å². The second-order valence-electron chi connectivity index (χ2n) is 4.26. The number of rotatable bonds is 4. The minimum absolute atomic E-state index is 0.0792. The molecule has 0 aliphatic heterocycles. The molecule has 1 aromatic rings. The van der Waals surface area contributed by atoms with Gasteiger partial charge in [-0.2, -0.15) is 5.26 Å². The quantitative estimate of drug-likeness (QED) is 0.778. The van der Waals surface area contributed by atoms with Gasteiger partial charge in [0.2, 0.25) is 0 Å². The van der Waals surface area contributed by atoms with Gasteiger partial charge < -0.3 is 9.47 Å². The van der Waals surface area contributed by atoms with Gasteiger partial charge in [0.25, 0.3) is 0 Å². The maximum atomic E-state index is 8.83. The lowest BCUT2D eigenvalue weighted by atomic mass is 10.2. The summed E-state index contributed by atoms with van der Waals surface area (Å²) in [6, 6.07) is 7.40. The third-order valence-corrected chi connectivity index (χ3v) is 2.25. The molecule has 0 saturated heterocycles. The second-order valence-corrected chi connectivity index (χ2v) is 4.26. The number of nitriles is 1. The van der Waals surface area contributed by atoms with E-state index in [4.69, 9.17) is 14.7 Å². The van der Waals surface area contributed by atoms with Crippen molar-refractivity contribution in [3.8, 4) is 17.6 Å². The van der Waals surface area contributed by atoms with Gasteiger partial charge in [0.15, 0.2) is 11.5 Å². The Morgan fingerprint density at radius 2 is 2.06 bits per heavy atom. The average Bonchev–Trinajstić information content (AvgIpc) is 3.03. The molecule has 2 rings (SSSR count). The van der Waals surface area contributed by atoms with Crippen molar-refractivity contribution < 1.29 is 9.47 Å². The highest BCUT2D eigenvalue weighted by Gasteiger charge is 2.25. The van der Waals surface area contributed by atoms with Gasteiger partial charge in [-0.3, -0.25) is 0 Å². The first-order chi connectivity index (χ1) is 7.69. The zero-order valence-corrected chi connectivity index (χ0v) is 9.56. The number of nitrogens with zero attached hydrogens (tertiary/aromatic N) is 1. The molecule has 0 heterocycles. The molecule has 0 aromatic heterocycles. The Morgan fingerprint density at radius 3 is 2.62 bits per heavy atom. The number of benzene rings is 1. The van der Waals surface area contributed by atoms with Crippen LogP contribution in [-0.2, 0) is 0 Å². The smallest absolute Gasteiger partial charge is 0.162 e. The first kappa shape index (κ1) is 10.8. The fraction of sp³-hybridized carbons (Fsp3) is 0.462. The summed E-state index contributed by atoms with van der Waals surface area (Å²) in [7, 11) is 0. The summed E-state index contributed by atoms with van der Waals surface area (Å²) in [6.45, 7) is 3.92. The standard InChI is InChI=1S/C13H15NO2/c1-9(2)15-13-7-10(8-14)3-6-12(13)16-11-4-5-11/h3,6-7,9,11H,4-5H2,1-2H3. The number of hydrogen-bond donors (Lipinski definition) is 0. The third kappa shape index (κ3) is 2.66. The Morgan fingerprint density at radius 1 is 1.31 bits per heavy atom. The van der Waals surface area contributed by atoms with E-state index in [0.717, 1.165) is 18.6 Å². The molecule has 0 radical (unpaired) electrons. The normalized spacial score (nSPS) is 14.6. The SMILES string of the molecule is CC(C)Oc1cc(C#N)ccc1OC1CC1. The molecule has 0 N–H and O–H groups in total. The van der Waals surface area contributed by atoms with Gasteiger partial charge in [0.1, 0.15) is 0 Å². The molecule has 1 fully saturated rings. The molecule has 1 aliphatic rings.